The summed E-state index contributed by atoms with van der Waals surface area (Å²) in [5.74, 6) is -0.0364. The number of anilines is 1. The van der Waals surface area contributed by atoms with Crippen molar-refractivity contribution in [3.63, 3.8) is 0 Å². The second-order valence-corrected chi connectivity index (χ2v) is 4.92. The van der Waals surface area contributed by atoms with Gasteiger partial charge in [0.2, 0.25) is 5.91 Å². The molecule has 0 spiro atoms. The van der Waals surface area contributed by atoms with Crippen molar-refractivity contribution >= 4 is 17.3 Å². The molecular formula is C12H14N2O3. The number of nitrogens with one attached hydrogen (secondary N) is 1. The van der Waals surface area contributed by atoms with E-state index in [1.165, 1.54) is 6.07 Å². The number of hydrogen-bond acceptors (Lipinski definition) is 3. The molecule has 0 atom stereocenters. The fourth-order valence-corrected chi connectivity index (χ4v) is 2.09. The van der Waals surface area contributed by atoms with Crippen LogP contribution in [0.5, 0.6) is 0 Å². The van der Waals surface area contributed by atoms with Crippen molar-refractivity contribution < 1.29 is 9.72 Å². The monoisotopic (exact) mass is 234 g/mol. The highest BCUT2D eigenvalue weighted by Crippen LogP contribution is 2.38. The topological polar surface area (TPSA) is 72.2 Å². The first-order valence-electron chi connectivity index (χ1n) is 5.49. The Balaban J connectivity index is 2.56. The van der Waals surface area contributed by atoms with Gasteiger partial charge in [-0.15, -0.1) is 0 Å². The summed E-state index contributed by atoms with van der Waals surface area (Å²) in [5, 5.41) is 13.5. The molecule has 1 amide bonds. The first kappa shape index (κ1) is 11.6. The predicted octanol–water partition coefficient (Wildman–Crippen LogP) is 2.60. The van der Waals surface area contributed by atoms with Crippen molar-refractivity contribution in [1.82, 2.24) is 0 Å². The molecule has 2 rings (SSSR count). The molecule has 17 heavy (non-hydrogen) atoms. The Bertz CT molecular complexity index is 495. The normalized spacial score (nSPS) is 17.9. The number of nitrogens with zero attached hydrogens (tertiary/aromatic N) is 1. The number of benzene rings is 1. The van der Waals surface area contributed by atoms with Crippen LogP contribution in [-0.4, -0.2) is 10.8 Å². The van der Waals surface area contributed by atoms with E-state index < -0.39 is 4.92 Å². The maximum Gasteiger partial charge on any atom is 0.269 e. The summed E-state index contributed by atoms with van der Waals surface area (Å²) in [4.78, 5) is 21.9. The summed E-state index contributed by atoms with van der Waals surface area (Å²) in [6.07, 6.45) is 1.13. The van der Waals surface area contributed by atoms with E-state index in [1.54, 1.807) is 12.1 Å². The molecule has 0 saturated heterocycles. The average Bonchev–Trinajstić information content (AvgIpc) is 2.36. The fourth-order valence-electron chi connectivity index (χ4n) is 2.09. The minimum Gasteiger partial charge on any atom is -0.326 e. The van der Waals surface area contributed by atoms with Crippen LogP contribution in [0.25, 0.3) is 0 Å². The van der Waals surface area contributed by atoms with Crippen molar-refractivity contribution in [2.45, 2.75) is 32.1 Å². The van der Waals surface area contributed by atoms with Gasteiger partial charge in [-0.25, -0.2) is 0 Å². The van der Waals surface area contributed by atoms with Gasteiger partial charge in [-0.05, 0) is 23.5 Å². The SMILES string of the molecule is CC1(C)CCC(=O)Nc2ccc([N+](=O)[O-])cc21. The van der Waals surface area contributed by atoms with E-state index in [-0.39, 0.29) is 17.0 Å². The summed E-state index contributed by atoms with van der Waals surface area (Å²) >= 11 is 0. The molecule has 0 unspecified atom stereocenters. The van der Waals surface area contributed by atoms with Gasteiger partial charge in [-0.3, -0.25) is 14.9 Å². The van der Waals surface area contributed by atoms with Gasteiger partial charge in [0.25, 0.3) is 5.69 Å². The molecule has 1 N–H and O–H groups in total. The van der Waals surface area contributed by atoms with Crippen LogP contribution in [0.2, 0.25) is 0 Å². The third-order valence-electron chi connectivity index (χ3n) is 3.19. The molecule has 0 aliphatic carbocycles. The maximum atomic E-state index is 11.5. The summed E-state index contributed by atoms with van der Waals surface area (Å²) < 4.78 is 0. The van der Waals surface area contributed by atoms with Crippen LogP contribution in [0.15, 0.2) is 18.2 Å². The summed E-state index contributed by atoms with van der Waals surface area (Å²) in [5.41, 5.74) is 1.34. The lowest BCUT2D eigenvalue weighted by atomic mass is 9.80. The largest absolute Gasteiger partial charge is 0.326 e. The van der Waals surface area contributed by atoms with Crippen molar-refractivity contribution in [3.8, 4) is 0 Å². The third-order valence-corrected chi connectivity index (χ3v) is 3.19. The minimum absolute atomic E-state index is 0.0364. The summed E-state index contributed by atoms with van der Waals surface area (Å²) in [7, 11) is 0. The van der Waals surface area contributed by atoms with Crippen LogP contribution in [-0.2, 0) is 10.2 Å². The number of carbonyl (C=O) groups is 1. The van der Waals surface area contributed by atoms with Gasteiger partial charge >= 0.3 is 0 Å². The van der Waals surface area contributed by atoms with Crippen molar-refractivity contribution in [1.29, 1.82) is 0 Å². The molecule has 5 nitrogen and oxygen atoms in total. The number of non-ortho nitro benzene ring substituents is 1. The van der Waals surface area contributed by atoms with E-state index in [4.69, 9.17) is 0 Å². The Labute approximate surface area is 99.0 Å². The highest BCUT2D eigenvalue weighted by molar-refractivity contribution is 5.93. The molecule has 1 aromatic rings. The van der Waals surface area contributed by atoms with Gasteiger partial charge in [0.1, 0.15) is 0 Å². The molecule has 0 radical (unpaired) electrons. The molecule has 90 valence electrons. The lowest BCUT2D eigenvalue weighted by molar-refractivity contribution is -0.384. The molecule has 1 aromatic carbocycles. The Morgan fingerprint density at radius 3 is 2.76 bits per heavy atom. The second-order valence-electron chi connectivity index (χ2n) is 4.92. The van der Waals surface area contributed by atoms with Gasteiger partial charge in [-0.1, -0.05) is 13.8 Å². The van der Waals surface area contributed by atoms with Gasteiger partial charge < -0.3 is 5.32 Å². The van der Waals surface area contributed by atoms with Crippen LogP contribution in [0.1, 0.15) is 32.3 Å². The van der Waals surface area contributed by atoms with Gasteiger partial charge in [0.05, 0.1) is 4.92 Å². The van der Waals surface area contributed by atoms with Crippen LogP contribution >= 0.6 is 0 Å². The average molecular weight is 234 g/mol. The Hall–Kier alpha value is -1.91. The first-order valence-corrected chi connectivity index (χ1v) is 5.49. The Morgan fingerprint density at radius 2 is 2.12 bits per heavy atom. The highest BCUT2D eigenvalue weighted by atomic mass is 16.6. The number of nitro benzene ring substituents is 1. The molecule has 0 aromatic heterocycles. The molecule has 1 heterocycles. The molecule has 0 fully saturated rings. The number of amides is 1. The molecule has 1 aliphatic rings. The van der Waals surface area contributed by atoms with E-state index in [9.17, 15) is 14.9 Å². The van der Waals surface area contributed by atoms with Crippen molar-refractivity contribution in [2.75, 3.05) is 5.32 Å². The highest BCUT2D eigenvalue weighted by Gasteiger charge is 2.29. The number of carbonyl (C=O) groups excluding carboxylic acids is 1. The van der Waals surface area contributed by atoms with Crippen LogP contribution in [0.3, 0.4) is 0 Å². The molecule has 0 saturated carbocycles. The van der Waals surface area contributed by atoms with Crippen LogP contribution in [0.4, 0.5) is 11.4 Å². The number of fused-ring (bicyclic) bond motifs is 1. The lowest BCUT2D eigenvalue weighted by Crippen LogP contribution is -2.16. The van der Waals surface area contributed by atoms with Crippen LogP contribution in [0, 0.1) is 10.1 Å². The van der Waals surface area contributed by atoms with Gasteiger partial charge in [-0.2, -0.15) is 0 Å². The van der Waals surface area contributed by atoms with Crippen molar-refractivity contribution in [2.24, 2.45) is 0 Å². The fraction of sp³-hybridized carbons (Fsp3) is 0.417. The van der Waals surface area contributed by atoms with Crippen molar-refractivity contribution in [3.05, 3.63) is 33.9 Å². The minimum atomic E-state index is -0.414. The molecular weight excluding hydrogens is 220 g/mol. The number of rotatable bonds is 1. The van der Waals surface area contributed by atoms with Gasteiger partial charge in [0.15, 0.2) is 0 Å². The zero-order valence-corrected chi connectivity index (χ0v) is 9.82. The van der Waals surface area contributed by atoms with E-state index in [1.807, 2.05) is 13.8 Å². The van der Waals surface area contributed by atoms with E-state index in [0.29, 0.717) is 18.5 Å². The van der Waals surface area contributed by atoms with E-state index in [2.05, 4.69) is 5.32 Å². The Morgan fingerprint density at radius 1 is 1.41 bits per heavy atom. The number of hydrogen-bond donors (Lipinski definition) is 1. The van der Waals surface area contributed by atoms with E-state index >= 15 is 0 Å². The Kier molecular flexibility index (Phi) is 2.61. The summed E-state index contributed by atoms with van der Waals surface area (Å²) in [6.45, 7) is 3.99. The second kappa shape index (κ2) is 3.84. The van der Waals surface area contributed by atoms with E-state index in [0.717, 1.165) is 5.56 Å². The zero-order valence-electron chi connectivity index (χ0n) is 9.82. The van der Waals surface area contributed by atoms with Crippen LogP contribution < -0.4 is 5.32 Å². The smallest absolute Gasteiger partial charge is 0.269 e. The standard InChI is InChI=1S/C12H14N2O3/c1-12(2)6-5-11(15)13-10-4-3-8(14(16)17)7-9(10)12/h3-4,7H,5-6H2,1-2H3,(H,13,15). The third kappa shape index (κ3) is 2.13. The first-order chi connectivity index (χ1) is 7.90. The quantitative estimate of drug-likeness (QED) is 0.599. The molecule has 1 aliphatic heterocycles. The number of nitro groups is 1. The predicted molar refractivity (Wildman–Crippen MR) is 64.0 cm³/mol. The zero-order chi connectivity index (χ0) is 12.6. The molecule has 0 bridgehead atoms. The maximum absolute atomic E-state index is 11.5. The van der Waals surface area contributed by atoms with Gasteiger partial charge in [0, 0.05) is 24.2 Å². The summed E-state index contributed by atoms with van der Waals surface area (Å²) in [6, 6.07) is 4.58. The lowest BCUT2D eigenvalue weighted by Gasteiger charge is -2.24. The molecule has 5 heteroatoms.